The van der Waals surface area contributed by atoms with Crippen LogP contribution in [0.5, 0.6) is 0 Å². The van der Waals surface area contributed by atoms with Crippen molar-refractivity contribution in [1.29, 1.82) is 0 Å². The Morgan fingerprint density at radius 1 is 1.25 bits per heavy atom. The van der Waals surface area contributed by atoms with Gasteiger partial charge in [-0.15, -0.1) is 0 Å². The summed E-state index contributed by atoms with van der Waals surface area (Å²) < 4.78 is 56.4. The minimum Gasteiger partial charge on any atom is -0.455 e. The van der Waals surface area contributed by atoms with Crippen LogP contribution >= 0.6 is 0 Å². The molecule has 28 heavy (non-hydrogen) atoms. The first-order valence-electron chi connectivity index (χ1n) is 9.03. The molecule has 0 radical (unpaired) electrons. The molecule has 2 aliphatic heterocycles. The number of carbonyl (C=O) groups excluding carboxylic acids is 1. The van der Waals surface area contributed by atoms with Crippen molar-refractivity contribution in [2.75, 3.05) is 6.54 Å². The smallest absolute Gasteiger partial charge is 0.410 e. The predicted molar refractivity (Wildman–Crippen MR) is 92.7 cm³/mol. The fourth-order valence-corrected chi connectivity index (χ4v) is 3.35. The van der Waals surface area contributed by atoms with Crippen molar-refractivity contribution < 1.29 is 32.2 Å². The Morgan fingerprint density at radius 3 is 2.54 bits per heavy atom. The molecule has 6 nitrogen and oxygen atoms in total. The SMILES string of the molecule is CC(C)(C)OC(=O)N1CCC(C(F)(F)F)CC1c1ncccc1C1OC=CO1. The van der Waals surface area contributed by atoms with E-state index in [2.05, 4.69) is 4.98 Å². The number of alkyl halides is 3. The Hall–Kier alpha value is -2.45. The van der Waals surface area contributed by atoms with Gasteiger partial charge in [0, 0.05) is 12.7 Å². The highest BCUT2D eigenvalue weighted by Crippen LogP contribution is 2.44. The molecule has 9 heteroatoms. The summed E-state index contributed by atoms with van der Waals surface area (Å²) >= 11 is 0. The van der Waals surface area contributed by atoms with E-state index in [-0.39, 0.29) is 19.4 Å². The lowest BCUT2D eigenvalue weighted by Gasteiger charge is -2.40. The van der Waals surface area contributed by atoms with Crippen LogP contribution in [0, 0.1) is 5.92 Å². The van der Waals surface area contributed by atoms with Gasteiger partial charge < -0.3 is 14.2 Å². The number of aromatic nitrogens is 1. The van der Waals surface area contributed by atoms with Crippen LogP contribution in [-0.4, -0.2) is 34.3 Å². The molecular weight excluding hydrogens is 377 g/mol. The second-order valence-electron chi connectivity index (χ2n) is 7.81. The van der Waals surface area contributed by atoms with E-state index in [4.69, 9.17) is 14.2 Å². The van der Waals surface area contributed by atoms with Crippen LogP contribution in [0.4, 0.5) is 18.0 Å². The van der Waals surface area contributed by atoms with E-state index < -0.39 is 36.1 Å². The number of hydrogen-bond donors (Lipinski definition) is 0. The van der Waals surface area contributed by atoms with Crippen LogP contribution in [0.2, 0.25) is 0 Å². The molecule has 2 unspecified atom stereocenters. The minimum absolute atomic E-state index is 0.0790. The van der Waals surface area contributed by atoms with Gasteiger partial charge in [-0.2, -0.15) is 13.2 Å². The molecular formula is C19H23F3N2O4. The Balaban J connectivity index is 1.95. The van der Waals surface area contributed by atoms with E-state index in [0.29, 0.717) is 11.3 Å². The predicted octanol–water partition coefficient (Wildman–Crippen LogP) is 4.85. The first-order chi connectivity index (χ1) is 13.1. The zero-order valence-electron chi connectivity index (χ0n) is 15.9. The zero-order chi connectivity index (χ0) is 20.5. The molecule has 0 saturated carbocycles. The fraction of sp³-hybridized carbons (Fsp3) is 0.579. The summed E-state index contributed by atoms with van der Waals surface area (Å²) in [6, 6.07) is 2.41. The lowest BCUT2D eigenvalue weighted by molar-refractivity contribution is -0.189. The molecule has 0 bridgehead atoms. The fourth-order valence-electron chi connectivity index (χ4n) is 3.35. The first-order valence-corrected chi connectivity index (χ1v) is 9.03. The lowest BCUT2D eigenvalue weighted by Crippen LogP contribution is -2.46. The number of halogens is 3. The van der Waals surface area contributed by atoms with Crippen LogP contribution in [0.15, 0.2) is 30.9 Å². The highest BCUT2D eigenvalue weighted by Gasteiger charge is 2.47. The van der Waals surface area contributed by atoms with E-state index in [1.54, 1.807) is 32.9 Å². The lowest BCUT2D eigenvalue weighted by atomic mass is 9.87. The molecule has 1 aromatic heterocycles. The molecule has 1 fully saturated rings. The third-order valence-electron chi connectivity index (χ3n) is 4.59. The van der Waals surface area contributed by atoms with Crippen molar-refractivity contribution in [3.63, 3.8) is 0 Å². The number of pyridine rings is 1. The zero-order valence-corrected chi connectivity index (χ0v) is 15.9. The average Bonchev–Trinajstić information content (AvgIpc) is 3.13. The summed E-state index contributed by atoms with van der Waals surface area (Å²) in [4.78, 5) is 18.3. The average molecular weight is 400 g/mol. The summed E-state index contributed by atoms with van der Waals surface area (Å²) in [6.45, 7) is 5.05. The summed E-state index contributed by atoms with van der Waals surface area (Å²) in [6.07, 6.45) is -2.12. The Morgan fingerprint density at radius 2 is 1.93 bits per heavy atom. The molecule has 1 aromatic rings. The van der Waals surface area contributed by atoms with Crippen LogP contribution in [0.1, 0.15) is 57.2 Å². The first kappa shape index (κ1) is 20.3. The van der Waals surface area contributed by atoms with Crippen molar-refractivity contribution in [3.8, 4) is 0 Å². The van der Waals surface area contributed by atoms with Crippen LogP contribution < -0.4 is 0 Å². The number of hydrogen-bond acceptors (Lipinski definition) is 5. The van der Waals surface area contributed by atoms with Crippen molar-refractivity contribution >= 4 is 6.09 Å². The standard InChI is InChI=1S/C19H23F3N2O4/c1-18(2,3)28-17(25)24-8-6-12(19(20,21)22)11-14(24)15-13(5-4-7-23-15)16-26-9-10-27-16/h4-5,7,9-10,12,14,16H,6,8,11H2,1-3H3. The van der Waals surface area contributed by atoms with Gasteiger partial charge in [-0.3, -0.25) is 9.88 Å². The molecule has 2 atom stereocenters. The van der Waals surface area contributed by atoms with Gasteiger partial charge in [0.1, 0.15) is 18.1 Å². The molecule has 0 spiro atoms. The monoisotopic (exact) mass is 400 g/mol. The van der Waals surface area contributed by atoms with Crippen LogP contribution in [-0.2, 0) is 14.2 Å². The van der Waals surface area contributed by atoms with Crippen molar-refractivity contribution in [2.24, 2.45) is 5.92 Å². The Bertz CT molecular complexity index is 737. The largest absolute Gasteiger partial charge is 0.455 e. The Labute approximate surface area is 161 Å². The number of piperidine rings is 1. The summed E-state index contributed by atoms with van der Waals surface area (Å²) in [7, 11) is 0. The van der Waals surface area contributed by atoms with E-state index in [9.17, 15) is 18.0 Å². The number of nitrogens with zero attached hydrogens (tertiary/aromatic N) is 2. The topological polar surface area (TPSA) is 60.9 Å². The summed E-state index contributed by atoms with van der Waals surface area (Å²) in [5, 5.41) is 0. The number of ether oxygens (including phenoxy) is 3. The van der Waals surface area contributed by atoms with E-state index in [1.807, 2.05) is 0 Å². The van der Waals surface area contributed by atoms with Gasteiger partial charge in [0.05, 0.1) is 23.2 Å². The summed E-state index contributed by atoms with van der Waals surface area (Å²) in [5.41, 5.74) is 0.0294. The molecule has 3 heterocycles. The maximum absolute atomic E-state index is 13.4. The van der Waals surface area contributed by atoms with E-state index in [0.717, 1.165) is 0 Å². The van der Waals surface area contributed by atoms with Gasteiger partial charge in [-0.25, -0.2) is 4.79 Å². The molecule has 1 saturated heterocycles. The van der Waals surface area contributed by atoms with Gasteiger partial charge >= 0.3 is 12.3 Å². The van der Waals surface area contributed by atoms with Gasteiger partial charge in [0.15, 0.2) is 0 Å². The third-order valence-corrected chi connectivity index (χ3v) is 4.59. The van der Waals surface area contributed by atoms with Gasteiger partial charge in [-0.05, 0) is 45.7 Å². The van der Waals surface area contributed by atoms with E-state index in [1.165, 1.54) is 23.6 Å². The van der Waals surface area contributed by atoms with Crippen molar-refractivity contribution in [3.05, 3.63) is 42.1 Å². The highest BCUT2D eigenvalue weighted by atomic mass is 19.4. The highest BCUT2D eigenvalue weighted by molar-refractivity contribution is 5.69. The Kier molecular flexibility index (Phi) is 5.45. The maximum Gasteiger partial charge on any atom is 0.410 e. The van der Waals surface area contributed by atoms with Crippen LogP contribution in [0.25, 0.3) is 0 Å². The quantitative estimate of drug-likeness (QED) is 0.710. The van der Waals surface area contributed by atoms with Crippen molar-refractivity contribution in [2.45, 2.75) is 57.7 Å². The van der Waals surface area contributed by atoms with Gasteiger partial charge in [-0.1, -0.05) is 0 Å². The normalized spacial score (nSPS) is 23.3. The molecule has 2 aliphatic rings. The van der Waals surface area contributed by atoms with Crippen LogP contribution in [0.3, 0.4) is 0 Å². The second-order valence-corrected chi connectivity index (χ2v) is 7.81. The second kappa shape index (κ2) is 7.52. The molecule has 154 valence electrons. The number of rotatable bonds is 2. The van der Waals surface area contributed by atoms with Gasteiger partial charge in [0.2, 0.25) is 0 Å². The molecule has 0 aliphatic carbocycles. The molecule has 3 rings (SSSR count). The number of likely N-dealkylation sites (tertiary alicyclic amines) is 1. The van der Waals surface area contributed by atoms with Gasteiger partial charge in [0.25, 0.3) is 6.29 Å². The van der Waals surface area contributed by atoms with Crippen molar-refractivity contribution in [1.82, 2.24) is 9.88 Å². The summed E-state index contributed by atoms with van der Waals surface area (Å²) in [5.74, 6) is -1.53. The third kappa shape index (κ3) is 4.51. The number of carbonyl (C=O) groups is 1. The van der Waals surface area contributed by atoms with E-state index >= 15 is 0 Å². The maximum atomic E-state index is 13.4. The molecule has 0 aromatic carbocycles. The molecule has 1 amide bonds. The molecule has 0 N–H and O–H groups in total. The minimum atomic E-state index is -4.35. The number of amides is 1.